The summed E-state index contributed by atoms with van der Waals surface area (Å²) in [7, 11) is 1.93. The van der Waals surface area contributed by atoms with Crippen molar-refractivity contribution in [3.05, 3.63) is 0 Å². The molecular formula is C14H26N2O2. The number of hydrogen-bond donors (Lipinski definition) is 1. The second kappa shape index (κ2) is 6.02. The van der Waals surface area contributed by atoms with Gasteiger partial charge in [0, 0.05) is 26.2 Å². The first-order chi connectivity index (χ1) is 8.61. The van der Waals surface area contributed by atoms with E-state index >= 15 is 0 Å². The molecule has 2 aliphatic rings. The van der Waals surface area contributed by atoms with Gasteiger partial charge in [-0.15, -0.1) is 0 Å². The van der Waals surface area contributed by atoms with Crippen LogP contribution in [0.2, 0.25) is 0 Å². The lowest BCUT2D eigenvalue weighted by Gasteiger charge is -2.39. The molecule has 1 amide bonds. The van der Waals surface area contributed by atoms with Crippen molar-refractivity contribution in [3.63, 3.8) is 0 Å². The van der Waals surface area contributed by atoms with Crippen molar-refractivity contribution in [1.82, 2.24) is 10.2 Å². The maximum atomic E-state index is 12.1. The Balaban J connectivity index is 1.76. The maximum Gasteiger partial charge on any atom is 0.248 e. The number of nitrogens with zero attached hydrogens (tertiary/aromatic N) is 1. The van der Waals surface area contributed by atoms with Crippen molar-refractivity contribution in [2.24, 2.45) is 0 Å². The number of carbonyl (C=O) groups is 1. The van der Waals surface area contributed by atoms with Gasteiger partial charge in [0.15, 0.2) is 0 Å². The van der Waals surface area contributed by atoms with Gasteiger partial charge in [0.25, 0.3) is 0 Å². The van der Waals surface area contributed by atoms with Gasteiger partial charge in [-0.3, -0.25) is 4.79 Å². The van der Waals surface area contributed by atoms with Crippen LogP contribution in [0.25, 0.3) is 0 Å². The molecule has 1 N–H and O–H groups in total. The highest BCUT2D eigenvalue weighted by Gasteiger charge is 2.33. The van der Waals surface area contributed by atoms with Crippen LogP contribution in [-0.2, 0) is 9.53 Å². The molecule has 1 aliphatic carbocycles. The first kappa shape index (κ1) is 13.8. The number of carbonyl (C=O) groups excluding carboxylic acids is 1. The predicted molar refractivity (Wildman–Crippen MR) is 71.5 cm³/mol. The van der Waals surface area contributed by atoms with E-state index in [1.54, 1.807) is 0 Å². The fourth-order valence-corrected chi connectivity index (χ4v) is 2.77. The van der Waals surface area contributed by atoms with E-state index in [0.717, 1.165) is 25.9 Å². The van der Waals surface area contributed by atoms with Crippen molar-refractivity contribution >= 4 is 5.91 Å². The van der Waals surface area contributed by atoms with Crippen molar-refractivity contribution in [2.75, 3.05) is 26.7 Å². The number of ether oxygens (including phenoxy) is 1. The molecule has 4 nitrogen and oxygen atoms in total. The summed E-state index contributed by atoms with van der Waals surface area (Å²) in [6.45, 7) is 3.99. The van der Waals surface area contributed by atoms with Crippen LogP contribution in [0.5, 0.6) is 0 Å². The van der Waals surface area contributed by atoms with Crippen LogP contribution in [0.1, 0.15) is 45.4 Å². The van der Waals surface area contributed by atoms with Crippen molar-refractivity contribution in [2.45, 2.75) is 57.1 Å². The Morgan fingerprint density at radius 2 is 1.89 bits per heavy atom. The molecule has 2 rings (SSSR count). The molecule has 2 fully saturated rings. The predicted octanol–water partition coefficient (Wildman–Crippen LogP) is 1.55. The zero-order chi connectivity index (χ0) is 13.0. The van der Waals surface area contributed by atoms with E-state index in [9.17, 15) is 4.79 Å². The van der Waals surface area contributed by atoms with E-state index in [1.807, 2.05) is 11.9 Å². The molecule has 0 aromatic heterocycles. The van der Waals surface area contributed by atoms with Crippen LogP contribution in [0, 0.1) is 0 Å². The normalized spacial score (nSPS) is 24.1. The molecule has 0 aromatic carbocycles. The summed E-state index contributed by atoms with van der Waals surface area (Å²) in [5.74, 6) is 0.134. The Labute approximate surface area is 110 Å². The lowest BCUT2D eigenvalue weighted by atomic mass is 10.0. The summed E-state index contributed by atoms with van der Waals surface area (Å²) in [6.07, 6.45) is 7.45. The second-order valence-electron chi connectivity index (χ2n) is 5.99. The monoisotopic (exact) mass is 254 g/mol. The van der Waals surface area contributed by atoms with Gasteiger partial charge in [0.2, 0.25) is 5.91 Å². The molecule has 0 bridgehead atoms. The highest BCUT2D eigenvalue weighted by molar-refractivity contribution is 5.77. The van der Waals surface area contributed by atoms with Gasteiger partial charge >= 0.3 is 0 Å². The molecule has 104 valence electrons. The SMILES string of the molecule is CN(C(=O)COC1(C)CNC1)C1CCCCCC1. The molecule has 1 heterocycles. The second-order valence-corrected chi connectivity index (χ2v) is 5.99. The number of rotatable bonds is 4. The van der Waals surface area contributed by atoms with E-state index in [-0.39, 0.29) is 18.1 Å². The number of nitrogens with one attached hydrogen (secondary N) is 1. The molecule has 0 atom stereocenters. The summed E-state index contributed by atoms with van der Waals surface area (Å²) in [4.78, 5) is 14.0. The topological polar surface area (TPSA) is 41.6 Å². The average molecular weight is 254 g/mol. The standard InChI is InChI=1S/C14H26N2O2/c1-14(10-15-11-14)18-9-13(17)16(2)12-7-5-3-4-6-8-12/h12,15H,3-11H2,1-2H3. The molecule has 0 unspecified atom stereocenters. The van der Waals surface area contributed by atoms with Crippen LogP contribution < -0.4 is 5.32 Å². The van der Waals surface area contributed by atoms with Crippen LogP contribution >= 0.6 is 0 Å². The first-order valence-electron chi connectivity index (χ1n) is 7.21. The number of amides is 1. The minimum atomic E-state index is -0.125. The summed E-state index contributed by atoms with van der Waals surface area (Å²) in [5.41, 5.74) is -0.125. The third kappa shape index (κ3) is 3.45. The van der Waals surface area contributed by atoms with Crippen LogP contribution in [0.15, 0.2) is 0 Å². The lowest BCUT2D eigenvalue weighted by Crippen LogP contribution is -2.59. The summed E-state index contributed by atoms with van der Waals surface area (Å²) in [5, 5.41) is 3.18. The average Bonchev–Trinajstić information content (AvgIpc) is 2.61. The van der Waals surface area contributed by atoms with E-state index in [4.69, 9.17) is 4.74 Å². The summed E-state index contributed by atoms with van der Waals surface area (Å²) >= 11 is 0. The van der Waals surface area contributed by atoms with Gasteiger partial charge in [-0.05, 0) is 19.8 Å². The fourth-order valence-electron chi connectivity index (χ4n) is 2.77. The molecule has 1 aliphatic heterocycles. The quantitative estimate of drug-likeness (QED) is 0.774. The van der Waals surface area contributed by atoms with Gasteiger partial charge in [-0.25, -0.2) is 0 Å². The minimum Gasteiger partial charge on any atom is -0.363 e. The largest absolute Gasteiger partial charge is 0.363 e. The van der Waals surface area contributed by atoms with Crippen LogP contribution in [0.4, 0.5) is 0 Å². The van der Waals surface area contributed by atoms with Crippen LogP contribution in [-0.4, -0.2) is 49.2 Å². The van der Waals surface area contributed by atoms with Crippen molar-refractivity contribution < 1.29 is 9.53 Å². The van der Waals surface area contributed by atoms with Crippen LogP contribution in [0.3, 0.4) is 0 Å². The van der Waals surface area contributed by atoms with Gasteiger partial charge in [-0.2, -0.15) is 0 Å². The van der Waals surface area contributed by atoms with E-state index in [1.165, 1.54) is 25.7 Å². The Kier molecular flexibility index (Phi) is 4.62. The van der Waals surface area contributed by atoms with Gasteiger partial charge in [-0.1, -0.05) is 25.7 Å². The van der Waals surface area contributed by atoms with E-state index < -0.39 is 0 Å². The molecule has 1 saturated heterocycles. The lowest BCUT2D eigenvalue weighted by molar-refractivity contribution is -0.146. The molecule has 1 saturated carbocycles. The molecule has 0 radical (unpaired) electrons. The Morgan fingerprint density at radius 3 is 2.39 bits per heavy atom. The molecule has 0 spiro atoms. The Bertz CT molecular complexity index is 282. The van der Waals surface area contributed by atoms with Crippen molar-refractivity contribution in [3.8, 4) is 0 Å². The van der Waals surface area contributed by atoms with E-state index in [0.29, 0.717) is 6.04 Å². The molecular weight excluding hydrogens is 228 g/mol. The van der Waals surface area contributed by atoms with Gasteiger partial charge in [0.1, 0.15) is 6.61 Å². The zero-order valence-electron chi connectivity index (χ0n) is 11.7. The molecule has 4 heteroatoms. The zero-order valence-corrected chi connectivity index (χ0v) is 11.7. The summed E-state index contributed by atoms with van der Waals surface area (Å²) < 4.78 is 5.72. The third-order valence-electron chi connectivity index (χ3n) is 4.31. The molecule has 18 heavy (non-hydrogen) atoms. The van der Waals surface area contributed by atoms with Gasteiger partial charge < -0.3 is 15.0 Å². The highest BCUT2D eigenvalue weighted by atomic mass is 16.5. The maximum absolute atomic E-state index is 12.1. The van der Waals surface area contributed by atoms with Crippen molar-refractivity contribution in [1.29, 1.82) is 0 Å². The number of hydrogen-bond acceptors (Lipinski definition) is 3. The minimum absolute atomic E-state index is 0.125. The highest BCUT2D eigenvalue weighted by Crippen LogP contribution is 2.21. The third-order valence-corrected chi connectivity index (χ3v) is 4.31. The van der Waals surface area contributed by atoms with Gasteiger partial charge in [0.05, 0.1) is 5.60 Å². The first-order valence-corrected chi connectivity index (χ1v) is 7.21. The van der Waals surface area contributed by atoms with E-state index in [2.05, 4.69) is 12.2 Å². The smallest absolute Gasteiger partial charge is 0.248 e. The summed E-state index contributed by atoms with van der Waals surface area (Å²) in [6, 6.07) is 0.427. The molecule has 0 aromatic rings. The number of likely N-dealkylation sites (N-methyl/N-ethyl adjacent to an activating group) is 1. The Hall–Kier alpha value is -0.610. The Morgan fingerprint density at radius 1 is 1.28 bits per heavy atom. The fraction of sp³-hybridized carbons (Fsp3) is 0.929.